The Balaban J connectivity index is 0.00000496. The Bertz CT molecular complexity index is 2680. The van der Waals surface area contributed by atoms with Crippen LogP contribution in [0.4, 0.5) is 0 Å². The number of aromatic nitrogens is 2. The molecule has 0 radical (unpaired) electrons. The van der Waals surface area contributed by atoms with E-state index in [1.807, 2.05) is 6.07 Å². The van der Waals surface area contributed by atoms with Crippen molar-refractivity contribution >= 4 is 32.8 Å². The van der Waals surface area contributed by atoms with Gasteiger partial charge in [-0.15, -0.1) is 34.3 Å². The van der Waals surface area contributed by atoms with Gasteiger partial charge in [0, 0.05) is 17.1 Å². The molecule has 0 saturated carbocycles. The van der Waals surface area contributed by atoms with Gasteiger partial charge in [0.05, 0.1) is 12.0 Å². The molecule has 292 valence electrons. The molecule has 4 heteroatoms. The predicted molar refractivity (Wildman–Crippen MR) is 237 cm³/mol. The number of fused-ring (bicyclic) bond motifs is 4. The number of benzene rings is 5. The maximum Gasteiger partial charge on any atom is 3.00 e. The Morgan fingerprint density at radius 3 is 1.77 bits per heavy atom. The van der Waals surface area contributed by atoms with E-state index in [1.165, 1.54) is 27.6 Å². The summed E-state index contributed by atoms with van der Waals surface area (Å²) in [6.07, 6.45) is 1.76. The monoisotopic (exact) mass is 930 g/mol. The first kappa shape index (κ1) is 40.5. The van der Waals surface area contributed by atoms with Crippen LogP contribution in [0.5, 0.6) is 0 Å². The smallest absolute Gasteiger partial charge is 0.656 e. The summed E-state index contributed by atoms with van der Waals surface area (Å²) in [6, 6.07) is 42.8. The fraction of sp³-hybridized carbons (Fsp3) is 0.302. The van der Waals surface area contributed by atoms with Crippen LogP contribution in [0.3, 0.4) is 0 Å². The number of furan rings is 1. The maximum atomic E-state index is 6.20. The molecule has 0 atom stereocenters. The average molecular weight is 931 g/mol. The molecule has 8 rings (SSSR count). The van der Waals surface area contributed by atoms with Gasteiger partial charge in [0.2, 0.25) is 0 Å². The average Bonchev–Trinajstić information content (AvgIpc) is 3.77. The molecule has 0 N–H and O–H groups in total. The summed E-state index contributed by atoms with van der Waals surface area (Å²) in [4.78, 5) is 10.8. The van der Waals surface area contributed by atoms with E-state index < -0.39 is 0 Å². The van der Waals surface area contributed by atoms with Crippen LogP contribution in [0.15, 0.2) is 108 Å². The van der Waals surface area contributed by atoms with Gasteiger partial charge in [-0.1, -0.05) is 143 Å². The van der Waals surface area contributed by atoms with Crippen LogP contribution in [-0.4, -0.2) is 4.98 Å². The van der Waals surface area contributed by atoms with Crippen LogP contribution in [-0.2, 0) is 44.0 Å². The quantitative estimate of drug-likeness (QED) is 0.130. The molecule has 8 aromatic rings. The van der Waals surface area contributed by atoms with Gasteiger partial charge >= 0.3 is 22.4 Å². The molecular weight excluding hydrogens is 878 g/mol. The third kappa shape index (κ3) is 7.83. The largest absolute Gasteiger partial charge is 3.00 e. The van der Waals surface area contributed by atoms with Gasteiger partial charge < -0.3 is 9.40 Å². The molecular formula is C53H53AuN2O. The fourth-order valence-corrected chi connectivity index (χ4v) is 7.56. The van der Waals surface area contributed by atoms with Crippen molar-refractivity contribution in [1.82, 2.24) is 9.97 Å². The molecule has 0 unspecified atom stereocenters. The fourth-order valence-electron chi connectivity index (χ4n) is 7.56. The minimum Gasteiger partial charge on any atom is -0.656 e. The molecule has 0 spiro atoms. The van der Waals surface area contributed by atoms with Crippen molar-refractivity contribution < 1.29 is 26.8 Å². The molecule has 0 fully saturated rings. The van der Waals surface area contributed by atoms with Crippen LogP contribution in [0.2, 0.25) is 0 Å². The molecule has 0 aliphatic carbocycles. The first-order chi connectivity index (χ1) is 26.2. The van der Waals surface area contributed by atoms with Crippen LogP contribution >= 0.6 is 0 Å². The van der Waals surface area contributed by atoms with Crippen LogP contribution in [0, 0.1) is 12.1 Å². The summed E-state index contributed by atoms with van der Waals surface area (Å²) in [7, 11) is 0. The number of hydrogen-bond acceptors (Lipinski definition) is 2. The Morgan fingerprint density at radius 1 is 0.526 bits per heavy atom. The molecule has 0 aliphatic heterocycles. The molecule has 57 heavy (non-hydrogen) atoms. The van der Waals surface area contributed by atoms with E-state index in [0.717, 1.165) is 72.2 Å². The third-order valence-electron chi connectivity index (χ3n) is 11.3. The Morgan fingerprint density at radius 2 is 1.14 bits per heavy atom. The third-order valence-corrected chi connectivity index (χ3v) is 11.3. The van der Waals surface area contributed by atoms with Gasteiger partial charge in [-0.2, -0.15) is 35.9 Å². The van der Waals surface area contributed by atoms with Crippen molar-refractivity contribution in [3.05, 3.63) is 138 Å². The van der Waals surface area contributed by atoms with Gasteiger partial charge in [0.1, 0.15) is 5.58 Å². The van der Waals surface area contributed by atoms with Crippen LogP contribution < -0.4 is 4.98 Å². The van der Waals surface area contributed by atoms with E-state index in [2.05, 4.69) is 186 Å². The van der Waals surface area contributed by atoms with Crippen LogP contribution in [0.1, 0.15) is 105 Å². The predicted octanol–water partition coefficient (Wildman–Crippen LogP) is 14.5. The second-order valence-corrected chi connectivity index (χ2v) is 19.7. The minimum atomic E-state index is -0.0929. The maximum absolute atomic E-state index is 6.20. The standard InChI is InChI=1S/C53H53N2O.Au/c1-50(2,3)37-17-13-32(14-18-37)34-25-35(33-15-19-38(20-16-33)51(4,5)6)27-36(26-34)48-41-23-24-56-47(41)31-46(55-48)44-30-40(53(10,11)12)29-43-42-28-39(52(7,8)9)21-22-45(42)54-49(43)44;/h13-15,17-26,28-31H,1-12H3;/q-3;+3. The van der Waals surface area contributed by atoms with Gasteiger partial charge in [0.25, 0.3) is 0 Å². The van der Waals surface area contributed by atoms with Crippen molar-refractivity contribution in [2.24, 2.45) is 0 Å². The second-order valence-electron chi connectivity index (χ2n) is 19.7. The summed E-state index contributed by atoms with van der Waals surface area (Å²) >= 11 is 0. The molecule has 0 amide bonds. The molecule has 3 nitrogen and oxygen atoms in total. The zero-order valence-corrected chi connectivity index (χ0v) is 37.6. The summed E-state index contributed by atoms with van der Waals surface area (Å²) in [6.45, 7) is 27.1. The van der Waals surface area contributed by atoms with Crippen molar-refractivity contribution in [3.63, 3.8) is 0 Å². The first-order valence-corrected chi connectivity index (χ1v) is 19.9. The van der Waals surface area contributed by atoms with Crippen molar-refractivity contribution in [2.75, 3.05) is 0 Å². The van der Waals surface area contributed by atoms with E-state index in [9.17, 15) is 0 Å². The first-order valence-electron chi connectivity index (χ1n) is 19.9. The second kappa shape index (κ2) is 14.3. The number of rotatable bonds is 4. The Hall–Kier alpha value is -4.67. The van der Waals surface area contributed by atoms with Crippen LogP contribution in [0.25, 0.3) is 77.5 Å². The van der Waals surface area contributed by atoms with Gasteiger partial charge in [-0.25, -0.2) is 5.56 Å². The van der Waals surface area contributed by atoms with Crippen molar-refractivity contribution in [2.45, 2.75) is 105 Å². The summed E-state index contributed by atoms with van der Waals surface area (Å²) in [5.74, 6) is 0. The SMILES string of the molecule is CC(C)(C)c1c[c-]c(-c2[c-]c(-c3nc(-c4cc(C(C)(C)C)cc5c4[n-]c4ccc(C(C)(C)C)cc45)cc4occc34)cc(-c3ccc(C(C)(C)C)cc3)c2)cc1.[Au+3]. The van der Waals surface area contributed by atoms with Gasteiger partial charge in [-0.05, 0) is 66.3 Å². The number of pyridine rings is 1. The van der Waals surface area contributed by atoms with Gasteiger partial charge in [0.15, 0.2) is 0 Å². The van der Waals surface area contributed by atoms with E-state index in [4.69, 9.17) is 14.4 Å². The van der Waals surface area contributed by atoms with E-state index in [0.29, 0.717) is 0 Å². The van der Waals surface area contributed by atoms with Crippen molar-refractivity contribution in [3.8, 4) is 44.8 Å². The van der Waals surface area contributed by atoms with E-state index in [1.54, 1.807) is 6.26 Å². The Kier molecular flexibility index (Phi) is 10.2. The Labute approximate surface area is 354 Å². The number of nitrogens with zero attached hydrogens (tertiary/aromatic N) is 2. The summed E-state index contributed by atoms with van der Waals surface area (Å²) in [5.41, 5.74) is 15.6. The molecule has 0 aliphatic rings. The molecule has 3 heterocycles. The zero-order valence-electron chi connectivity index (χ0n) is 35.4. The topological polar surface area (TPSA) is 40.1 Å². The normalized spacial score (nSPS) is 12.8. The minimum absolute atomic E-state index is 0. The van der Waals surface area contributed by atoms with Gasteiger partial charge in [-0.3, -0.25) is 4.98 Å². The van der Waals surface area contributed by atoms with E-state index >= 15 is 0 Å². The molecule has 0 saturated heterocycles. The van der Waals surface area contributed by atoms with Crippen molar-refractivity contribution in [1.29, 1.82) is 0 Å². The zero-order chi connectivity index (χ0) is 39.9. The molecule has 0 bridgehead atoms. The number of hydrogen-bond donors (Lipinski definition) is 0. The summed E-state index contributed by atoms with van der Waals surface area (Å²) in [5, 5.41) is 3.28. The molecule has 5 aromatic carbocycles. The summed E-state index contributed by atoms with van der Waals surface area (Å²) < 4.78 is 6.20. The molecule has 3 aromatic heterocycles. The van der Waals surface area contributed by atoms with E-state index in [-0.39, 0.29) is 44.0 Å².